The highest BCUT2D eigenvalue weighted by atomic mass is 16.4. The summed E-state index contributed by atoms with van der Waals surface area (Å²) in [5.41, 5.74) is 5.24. The van der Waals surface area contributed by atoms with Gasteiger partial charge in [0.05, 0.1) is 12.4 Å². The molecule has 22 heavy (non-hydrogen) atoms. The molecule has 0 bridgehead atoms. The number of aryl methyl sites for hydroxylation is 2. The summed E-state index contributed by atoms with van der Waals surface area (Å²) in [5.74, 6) is 0.542. The molecule has 0 atom stereocenters. The number of aromatic amines is 2. The molecule has 2 aromatic heterocycles. The van der Waals surface area contributed by atoms with E-state index in [4.69, 9.17) is 5.11 Å². The first-order valence-corrected chi connectivity index (χ1v) is 6.31. The Morgan fingerprint density at radius 1 is 1.09 bits per heavy atom. The van der Waals surface area contributed by atoms with Crippen molar-refractivity contribution in [1.82, 2.24) is 19.9 Å². The molecule has 8 nitrogen and oxygen atoms in total. The van der Waals surface area contributed by atoms with Crippen molar-refractivity contribution in [1.29, 1.82) is 0 Å². The Labute approximate surface area is 130 Å². The first-order chi connectivity index (χ1) is 9.93. The fourth-order valence-electron chi connectivity index (χ4n) is 1.28. The average molecular weight is 311 g/mol. The van der Waals surface area contributed by atoms with Crippen LogP contribution in [-0.2, 0) is 0 Å². The molecular formula is C14H25N5O3. The summed E-state index contributed by atoms with van der Waals surface area (Å²) in [6, 6.07) is 0. The normalized spacial score (nSPS) is 8.59. The molecule has 5 N–H and O–H groups in total. The van der Waals surface area contributed by atoms with Crippen LogP contribution in [0.15, 0.2) is 12.4 Å². The summed E-state index contributed by atoms with van der Waals surface area (Å²) in [6.07, 6.45) is 3.39. The summed E-state index contributed by atoms with van der Waals surface area (Å²) < 4.78 is 0. The maximum absolute atomic E-state index is 11.0. The van der Waals surface area contributed by atoms with E-state index in [1.165, 1.54) is 13.2 Å². The highest BCUT2D eigenvalue weighted by Crippen LogP contribution is 1.98. The third-order valence-corrected chi connectivity index (χ3v) is 2.26. The second-order valence-electron chi connectivity index (χ2n) is 3.85. The highest BCUT2D eigenvalue weighted by Gasteiger charge is 2.04. The molecule has 0 aromatic carbocycles. The number of carboxylic acids is 1. The molecule has 2 aromatic rings. The minimum absolute atomic E-state index is 0. The number of carbonyl (C=O) groups excluding carboxylic acids is 1. The van der Waals surface area contributed by atoms with Gasteiger partial charge >= 0.3 is 5.97 Å². The first-order valence-electron chi connectivity index (χ1n) is 6.31. The van der Waals surface area contributed by atoms with Crippen LogP contribution in [0, 0.1) is 13.8 Å². The van der Waals surface area contributed by atoms with Crippen LogP contribution in [0.4, 0.5) is 0 Å². The smallest absolute Gasteiger partial charge is 0.353 e. The van der Waals surface area contributed by atoms with Crippen LogP contribution in [0.5, 0.6) is 0 Å². The van der Waals surface area contributed by atoms with Crippen molar-refractivity contribution in [3.8, 4) is 0 Å². The van der Waals surface area contributed by atoms with Gasteiger partial charge in [-0.05, 0) is 20.9 Å². The highest BCUT2D eigenvalue weighted by molar-refractivity contribution is 5.93. The molecule has 2 heterocycles. The van der Waals surface area contributed by atoms with E-state index in [-0.39, 0.29) is 18.9 Å². The van der Waals surface area contributed by atoms with E-state index < -0.39 is 5.97 Å². The number of carboxylic acid groups (broad SMARTS) is 1. The Bertz CT molecular complexity index is 575. The SMILES string of the molecule is C.CCC(=O)c1cnc(C)[nH]1.CN.Cc1ncc(C(=O)O)[nH]1. The van der Waals surface area contributed by atoms with Gasteiger partial charge in [0.1, 0.15) is 23.0 Å². The molecule has 0 amide bonds. The fraction of sp³-hybridized carbons (Fsp3) is 0.429. The van der Waals surface area contributed by atoms with Crippen molar-refractivity contribution in [3.05, 3.63) is 35.4 Å². The molecule has 0 unspecified atom stereocenters. The van der Waals surface area contributed by atoms with Crippen LogP contribution >= 0.6 is 0 Å². The number of aromatic nitrogens is 4. The van der Waals surface area contributed by atoms with E-state index in [0.717, 1.165) is 5.82 Å². The lowest BCUT2D eigenvalue weighted by molar-refractivity contribution is 0.0690. The molecular weight excluding hydrogens is 286 g/mol. The molecule has 0 radical (unpaired) electrons. The van der Waals surface area contributed by atoms with Gasteiger partial charge in [-0.25, -0.2) is 14.8 Å². The second kappa shape index (κ2) is 11.2. The molecule has 0 aliphatic rings. The van der Waals surface area contributed by atoms with Crippen molar-refractivity contribution < 1.29 is 14.7 Å². The molecule has 0 spiro atoms. The third-order valence-electron chi connectivity index (χ3n) is 2.26. The number of carbonyl (C=O) groups is 2. The lowest BCUT2D eigenvalue weighted by Gasteiger charge is -1.87. The predicted octanol–water partition coefficient (Wildman–Crippen LogP) is 1.94. The van der Waals surface area contributed by atoms with Crippen molar-refractivity contribution in [3.63, 3.8) is 0 Å². The predicted molar refractivity (Wildman–Crippen MR) is 85.1 cm³/mol. The summed E-state index contributed by atoms with van der Waals surface area (Å²) >= 11 is 0. The van der Waals surface area contributed by atoms with Crippen LogP contribution in [-0.4, -0.2) is 43.8 Å². The van der Waals surface area contributed by atoms with Crippen molar-refractivity contribution in [2.75, 3.05) is 7.05 Å². The zero-order valence-electron chi connectivity index (χ0n) is 12.6. The van der Waals surface area contributed by atoms with E-state index in [9.17, 15) is 9.59 Å². The lowest BCUT2D eigenvalue weighted by atomic mass is 10.2. The Hall–Kier alpha value is -2.48. The van der Waals surface area contributed by atoms with Gasteiger partial charge < -0.3 is 20.8 Å². The number of nitrogens with two attached hydrogens (primary N) is 1. The van der Waals surface area contributed by atoms with Gasteiger partial charge in [-0.1, -0.05) is 14.4 Å². The number of hydrogen-bond donors (Lipinski definition) is 4. The fourth-order valence-corrected chi connectivity index (χ4v) is 1.28. The van der Waals surface area contributed by atoms with Gasteiger partial charge in [0.25, 0.3) is 0 Å². The standard InChI is InChI=1S/C7H10N2O.C5H6N2O2.CH5N.CH4/c1-3-7(10)6-4-8-5(2)9-6;1-3-6-2-4(7-3)5(8)9;1-2;/h4H,3H2,1-2H3,(H,8,9);2H,1H3,(H,6,7)(H,8,9);2H2,1H3;1H4. The molecule has 0 aliphatic heterocycles. The average Bonchev–Trinajstić information content (AvgIpc) is 3.10. The van der Waals surface area contributed by atoms with E-state index in [0.29, 0.717) is 17.9 Å². The van der Waals surface area contributed by atoms with E-state index >= 15 is 0 Å². The third kappa shape index (κ3) is 7.34. The Kier molecular flexibility index (Phi) is 11.1. The number of H-pyrrole nitrogens is 2. The van der Waals surface area contributed by atoms with Crippen LogP contribution in [0.1, 0.15) is 53.4 Å². The number of hydrogen-bond acceptors (Lipinski definition) is 5. The minimum Gasteiger partial charge on any atom is -0.477 e. The molecule has 0 saturated carbocycles. The van der Waals surface area contributed by atoms with E-state index in [2.05, 4.69) is 25.7 Å². The van der Waals surface area contributed by atoms with Crippen LogP contribution in [0.2, 0.25) is 0 Å². The molecule has 124 valence electrons. The second-order valence-corrected chi connectivity index (χ2v) is 3.85. The van der Waals surface area contributed by atoms with Crippen molar-refractivity contribution >= 4 is 11.8 Å². The number of nitrogens with zero attached hydrogens (tertiary/aromatic N) is 2. The summed E-state index contributed by atoms with van der Waals surface area (Å²) in [7, 11) is 1.50. The summed E-state index contributed by atoms with van der Waals surface area (Å²) in [6.45, 7) is 5.36. The Morgan fingerprint density at radius 3 is 1.73 bits per heavy atom. The van der Waals surface area contributed by atoms with Crippen molar-refractivity contribution in [2.24, 2.45) is 5.73 Å². The lowest BCUT2D eigenvalue weighted by Crippen LogP contribution is -1.95. The number of ketones is 1. The maximum Gasteiger partial charge on any atom is 0.353 e. The zero-order valence-corrected chi connectivity index (χ0v) is 12.6. The number of imidazole rings is 2. The topological polar surface area (TPSA) is 138 Å². The summed E-state index contributed by atoms with van der Waals surface area (Å²) in [5, 5.41) is 8.33. The van der Waals surface area contributed by atoms with Gasteiger partial charge in [0.2, 0.25) is 0 Å². The molecule has 0 saturated heterocycles. The maximum atomic E-state index is 11.0. The summed E-state index contributed by atoms with van der Waals surface area (Å²) in [4.78, 5) is 34.1. The molecule has 8 heteroatoms. The number of aromatic carboxylic acids is 1. The number of nitrogens with one attached hydrogen (secondary N) is 2. The first kappa shape index (κ1) is 21.8. The molecule has 2 rings (SSSR count). The minimum atomic E-state index is -0.976. The monoisotopic (exact) mass is 311 g/mol. The van der Waals surface area contributed by atoms with Crippen LogP contribution in [0.3, 0.4) is 0 Å². The quantitative estimate of drug-likeness (QED) is 0.639. The number of rotatable bonds is 3. The number of Topliss-reactive ketones (excluding diaryl/α,β-unsaturated/α-hetero) is 1. The Balaban J connectivity index is 0. The van der Waals surface area contributed by atoms with Gasteiger partial charge in [-0.15, -0.1) is 0 Å². The van der Waals surface area contributed by atoms with Crippen LogP contribution in [0.25, 0.3) is 0 Å². The molecule has 0 fully saturated rings. The largest absolute Gasteiger partial charge is 0.477 e. The molecule has 0 aliphatic carbocycles. The van der Waals surface area contributed by atoms with Crippen molar-refractivity contribution in [2.45, 2.75) is 34.6 Å². The van der Waals surface area contributed by atoms with Gasteiger partial charge in [0, 0.05) is 6.42 Å². The van der Waals surface area contributed by atoms with E-state index in [1.807, 2.05) is 13.8 Å². The van der Waals surface area contributed by atoms with Gasteiger partial charge in [-0.2, -0.15) is 0 Å². The van der Waals surface area contributed by atoms with Crippen LogP contribution < -0.4 is 5.73 Å². The van der Waals surface area contributed by atoms with E-state index in [1.54, 1.807) is 13.1 Å². The zero-order chi connectivity index (χ0) is 16.4. The Morgan fingerprint density at radius 2 is 1.50 bits per heavy atom. The van der Waals surface area contributed by atoms with Gasteiger partial charge in [0.15, 0.2) is 5.78 Å². The van der Waals surface area contributed by atoms with Gasteiger partial charge in [-0.3, -0.25) is 4.79 Å².